The van der Waals surface area contributed by atoms with E-state index in [1.165, 1.54) is 16.8 Å². The molecule has 0 unspecified atom stereocenters. The van der Waals surface area contributed by atoms with Crippen molar-refractivity contribution in [2.75, 3.05) is 19.0 Å². The lowest BCUT2D eigenvalue weighted by Gasteiger charge is -2.26. The summed E-state index contributed by atoms with van der Waals surface area (Å²) in [5.41, 5.74) is 3.89. The summed E-state index contributed by atoms with van der Waals surface area (Å²) in [5.74, 6) is 1.78. The van der Waals surface area contributed by atoms with E-state index in [4.69, 9.17) is 0 Å². The molecule has 2 nitrogen and oxygen atoms in total. The van der Waals surface area contributed by atoms with Crippen molar-refractivity contribution in [2.24, 2.45) is 10.9 Å². The summed E-state index contributed by atoms with van der Waals surface area (Å²) in [6.07, 6.45) is 1.01. The van der Waals surface area contributed by atoms with Crippen LogP contribution < -0.4 is 4.90 Å². The van der Waals surface area contributed by atoms with Crippen LogP contribution in [0.5, 0.6) is 0 Å². The van der Waals surface area contributed by atoms with E-state index >= 15 is 0 Å². The molecule has 0 aliphatic rings. The highest BCUT2D eigenvalue weighted by Crippen LogP contribution is 2.24. The SMILES string of the molecule is C/N=C(/CC(C)C)N(C)c1c(C)cccc1C. The van der Waals surface area contributed by atoms with Crippen molar-refractivity contribution in [1.29, 1.82) is 0 Å². The second kappa shape index (κ2) is 5.85. The van der Waals surface area contributed by atoms with Gasteiger partial charge in [-0.05, 0) is 30.9 Å². The van der Waals surface area contributed by atoms with Gasteiger partial charge in [0.25, 0.3) is 0 Å². The molecule has 94 valence electrons. The maximum Gasteiger partial charge on any atom is 0.103 e. The Labute approximate surface area is 105 Å². The Morgan fingerprint density at radius 2 is 1.76 bits per heavy atom. The van der Waals surface area contributed by atoms with Crippen molar-refractivity contribution >= 4 is 11.5 Å². The molecule has 0 spiro atoms. The first kappa shape index (κ1) is 13.8. The summed E-state index contributed by atoms with van der Waals surface area (Å²) in [7, 11) is 3.99. The molecule has 1 aromatic carbocycles. The van der Waals surface area contributed by atoms with Crippen molar-refractivity contribution in [3.8, 4) is 0 Å². The quantitative estimate of drug-likeness (QED) is 0.571. The molecule has 0 fully saturated rings. The van der Waals surface area contributed by atoms with Crippen LogP contribution in [0.2, 0.25) is 0 Å². The van der Waals surface area contributed by atoms with Crippen molar-refractivity contribution in [3.05, 3.63) is 29.3 Å². The fraction of sp³-hybridized carbons (Fsp3) is 0.533. The van der Waals surface area contributed by atoms with Gasteiger partial charge in [-0.1, -0.05) is 32.0 Å². The van der Waals surface area contributed by atoms with Gasteiger partial charge in [0.1, 0.15) is 5.84 Å². The van der Waals surface area contributed by atoms with Crippen LogP contribution in [0.1, 0.15) is 31.4 Å². The van der Waals surface area contributed by atoms with Gasteiger partial charge in [-0.3, -0.25) is 4.99 Å². The molecule has 0 saturated heterocycles. The first-order chi connectivity index (χ1) is 7.97. The maximum atomic E-state index is 4.43. The number of rotatable bonds is 3. The van der Waals surface area contributed by atoms with Gasteiger partial charge < -0.3 is 4.90 Å². The summed E-state index contributed by atoms with van der Waals surface area (Å²) in [4.78, 5) is 6.66. The van der Waals surface area contributed by atoms with Crippen molar-refractivity contribution in [2.45, 2.75) is 34.1 Å². The monoisotopic (exact) mass is 232 g/mol. The minimum absolute atomic E-state index is 0.625. The number of hydrogen-bond donors (Lipinski definition) is 0. The number of benzene rings is 1. The van der Waals surface area contributed by atoms with Gasteiger partial charge in [0, 0.05) is 26.2 Å². The van der Waals surface area contributed by atoms with E-state index in [1.54, 1.807) is 0 Å². The summed E-state index contributed by atoms with van der Waals surface area (Å²) in [5, 5.41) is 0. The van der Waals surface area contributed by atoms with E-state index in [0.717, 1.165) is 12.3 Å². The summed E-state index contributed by atoms with van der Waals surface area (Å²) < 4.78 is 0. The Bertz CT molecular complexity index is 385. The smallest absolute Gasteiger partial charge is 0.103 e. The van der Waals surface area contributed by atoms with Crippen LogP contribution in [-0.4, -0.2) is 19.9 Å². The van der Waals surface area contributed by atoms with Gasteiger partial charge in [-0.2, -0.15) is 0 Å². The second-order valence-corrected chi connectivity index (χ2v) is 5.04. The fourth-order valence-corrected chi connectivity index (χ4v) is 2.21. The molecule has 0 N–H and O–H groups in total. The third-order valence-electron chi connectivity index (χ3n) is 3.01. The van der Waals surface area contributed by atoms with E-state index in [1.807, 2.05) is 7.05 Å². The predicted octanol–water partition coefficient (Wildman–Crippen LogP) is 3.81. The van der Waals surface area contributed by atoms with Crippen LogP contribution in [0.3, 0.4) is 0 Å². The van der Waals surface area contributed by atoms with Gasteiger partial charge in [0.05, 0.1) is 0 Å². The summed E-state index contributed by atoms with van der Waals surface area (Å²) in [6.45, 7) is 8.76. The third-order valence-corrected chi connectivity index (χ3v) is 3.01. The van der Waals surface area contributed by atoms with Crippen molar-refractivity contribution < 1.29 is 0 Å². The van der Waals surface area contributed by atoms with E-state index in [0.29, 0.717) is 5.92 Å². The number of aryl methyl sites for hydroxylation is 2. The van der Waals surface area contributed by atoms with Gasteiger partial charge in [-0.25, -0.2) is 0 Å². The standard InChI is InChI=1S/C15H24N2/c1-11(2)10-14(16-5)17(6)15-12(3)8-7-9-13(15)4/h7-9,11H,10H2,1-6H3/b16-14-. The molecule has 1 aromatic rings. The normalized spacial score (nSPS) is 12.1. The number of hydrogen-bond acceptors (Lipinski definition) is 1. The minimum Gasteiger partial charge on any atom is -0.333 e. The second-order valence-electron chi connectivity index (χ2n) is 5.04. The van der Waals surface area contributed by atoms with Gasteiger partial charge in [-0.15, -0.1) is 0 Å². The van der Waals surface area contributed by atoms with E-state index in [9.17, 15) is 0 Å². The topological polar surface area (TPSA) is 15.6 Å². The molecule has 2 heteroatoms. The Balaban J connectivity index is 3.06. The van der Waals surface area contributed by atoms with Gasteiger partial charge in [0.2, 0.25) is 0 Å². The Kier molecular flexibility index (Phi) is 4.73. The van der Waals surface area contributed by atoms with Crippen LogP contribution >= 0.6 is 0 Å². The number of aliphatic imine (C=N–C) groups is 1. The lowest BCUT2D eigenvalue weighted by atomic mass is 10.1. The van der Waals surface area contributed by atoms with E-state index in [2.05, 4.69) is 62.8 Å². The lowest BCUT2D eigenvalue weighted by molar-refractivity contribution is 0.677. The van der Waals surface area contributed by atoms with Crippen LogP contribution in [0.25, 0.3) is 0 Å². The van der Waals surface area contributed by atoms with Crippen LogP contribution in [0, 0.1) is 19.8 Å². The highest BCUT2D eigenvalue weighted by molar-refractivity contribution is 5.98. The van der Waals surface area contributed by atoms with Crippen LogP contribution in [0.15, 0.2) is 23.2 Å². The average molecular weight is 232 g/mol. The molecular weight excluding hydrogens is 208 g/mol. The molecule has 0 heterocycles. The van der Waals surface area contributed by atoms with Crippen molar-refractivity contribution in [3.63, 3.8) is 0 Å². The first-order valence-corrected chi connectivity index (χ1v) is 6.23. The molecule has 0 saturated carbocycles. The van der Waals surface area contributed by atoms with E-state index in [-0.39, 0.29) is 0 Å². The number of amidine groups is 1. The highest BCUT2D eigenvalue weighted by Gasteiger charge is 2.13. The predicted molar refractivity (Wildman–Crippen MR) is 77.1 cm³/mol. The lowest BCUT2D eigenvalue weighted by Crippen LogP contribution is -2.28. The van der Waals surface area contributed by atoms with Gasteiger partial charge in [0.15, 0.2) is 0 Å². The zero-order chi connectivity index (χ0) is 13.0. The molecule has 0 atom stereocenters. The van der Waals surface area contributed by atoms with E-state index < -0.39 is 0 Å². The molecular formula is C15H24N2. The Hall–Kier alpha value is -1.31. The summed E-state index contributed by atoms with van der Waals surface area (Å²) >= 11 is 0. The Morgan fingerprint density at radius 1 is 1.24 bits per heavy atom. The fourth-order valence-electron chi connectivity index (χ4n) is 2.21. The number of nitrogens with zero attached hydrogens (tertiary/aromatic N) is 2. The molecule has 0 aliphatic carbocycles. The molecule has 0 aromatic heterocycles. The third kappa shape index (κ3) is 3.32. The number of para-hydroxylation sites is 1. The molecule has 0 aliphatic heterocycles. The van der Waals surface area contributed by atoms with Gasteiger partial charge >= 0.3 is 0 Å². The summed E-state index contributed by atoms with van der Waals surface area (Å²) in [6, 6.07) is 6.41. The molecule has 1 rings (SSSR count). The zero-order valence-electron chi connectivity index (χ0n) is 11.9. The average Bonchev–Trinajstić information content (AvgIpc) is 2.25. The minimum atomic E-state index is 0.625. The maximum absolute atomic E-state index is 4.43. The largest absolute Gasteiger partial charge is 0.333 e. The molecule has 0 amide bonds. The Morgan fingerprint density at radius 3 is 2.18 bits per heavy atom. The molecule has 0 radical (unpaired) electrons. The zero-order valence-corrected chi connectivity index (χ0v) is 11.9. The molecule has 0 bridgehead atoms. The number of anilines is 1. The van der Waals surface area contributed by atoms with Crippen LogP contribution in [0.4, 0.5) is 5.69 Å². The highest BCUT2D eigenvalue weighted by atomic mass is 15.2. The van der Waals surface area contributed by atoms with Crippen LogP contribution in [-0.2, 0) is 0 Å². The molecule has 17 heavy (non-hydrogen) atoms. The van der Waals surface area contributed by atoms with Crippen molar-refractivity contribution in [1.82, 2.24) is 0 Å². The first-order valence-electron chi connectivity index (χ1n) is 6.23.